The van der Waals surface area contributed by atoms with E-state index in [0.29, 0.717) is 5.15 Å². The Kier molecular flexibility index (Phi) is 3.01. The minimum Gasteiger partial charge on any atom is -0.392 e. The molecule has 3 nitrogen and oxygen atoms in total. The van der Waals surface area contributed by atoms with Crippen molar-refractivity contribution in [1.82, 2.24) is 9.88 Å². The highest BCUT2D eigenvalue weighted by molar-refractivity contribution is 6.29. The number of hydrogen-bond donors (Lipinski definition) is 1. The molecule has 1 aromatic rings. The molecule has 0 saturated carbocycles. The lowest BCUT2D eigenvalue weighted by atomic mass is 10.3. The van der Waals surface area contributed by atoms with Crippen LogP contribution < -0.4 is 0 Å². The minimum absolute atomic E-state index is 0.157. The van der Waals surface area contributed by atoms with E-state index in [-0.39, 0.29) is 6.10 Å². The standard InChI is InChI=1S/C10H13ClN2O/c11-10-2-1-8(5-12-10)6-13-4-3-9(14)7-13/h1-2,5,9,14H,3-4,6-7H2/t9-/m1/s1. The Morgan fingerprint density at radius 1 is 1.57 bits per heavy atom. The summed E-state index contributed by atoms with van der Waals surface area (Å²) in [4.78, 5) is 6.23. The van der Waals surface area contributed by atoms with Crippen molar-refractivity contribution in [3.63, 3.8) is 0 Å². The SMILES string of the molecule is O[C@@H]1CCN(Cc2ccc(Cl)nc2)C1. The second kappa shape index (κ2) is 4.26. The van der Waals surface area contributed by atoms with Crippen LogP contribution in [0.1, 0.15) is 12.0 Å². The zero-order valence-electron chi connectivity index (χ0n) is 7.86. The molecule has 14 heavy (non-hydrogen) atoms. The van der Waals surface area contributed by atoms with Crippen LogP contribution in [0.25, 0.3) is 0 Å². The van der Waals surface area contributed by atoms with Crippen LogP contribution in [-0.4, -0.2) is 34.2 Å². The normalized spacial score (nSPS) is 22.9. The van der Waals surface area contributed by atoms with Crippen LogP contribution in [0.4, 0.5) is 0 Å². The molecule has 1 atom stereocenters. The zero-order chi connectivity index (χ0) is 9.97. The summed E-state index contributed by atoms with van der Waals surface area (Å²) in [6.07, 6.45) is 2.50. The molecule has 1 aliphatic rings. The maximum Gasteiger partial charge on any atom is 0.129 e. The van der Waals surface area contributed by atoms with Crippen molar-refractivity contribution in [3.8, 4) is 0 Å². The maximum absolute atomic E-state index is 9.34. The van der Waals surface area contributed by atoms with Gasteiger partial charge in [-0.15, -0.1) is 0 Å². The van der Waals surface area contributed by atoms with Crippen LogP contribution in [0.2, 0.25) is 5.15 Å². The Bertz CT molecular complexity index is 301. The molecule has 0 bridgehead atoms. The lowest BCUT2D eigenvalue weighted by Gasteiger charge is -2.14. The van der Waals surface area contributed by atoms with Gasteiger partial charge in [0.25, 0.3) is 0 Å². The highest BCUT2D eigenvalue weighted by atomic mass is 35.5. The number of aromatic nitrogens is 1. The van der Waals surface area contributed by atoms with E-state index in [1.165, 1.54) is 0 Å². The Morgan fingerprint density at radius 3 is 3.00 bits per heavy atom. The first kappa shape index (κ1) is 9.90. The monoisotopic (exact) mass is 212 g/mol. The molecule has 0 aliphatic carbocycles. The highest BCUT2D eigenvalue weighted by Gasteiger charge is 2.19. The number of nitrogens with zero attached hydrogens (tertiary/aromatic N) is 2. The summed E-state index contributed by atoms with van der Waals surface area (Å²) in [6, 6.07) is 3.77. The van der Waals surface area contributed by atoms with Gasteiger partial charge in [0.05, 0.1) is 6.10 Å². The van der Waals surface area contributed by atoms with Gasteiger partial charge in [0.2, 0.25) is 0 Å². The van der Waals surface area contributed by atoms with E-state index >= 15 is 0 Å². The quantitative estimate of drug-likeness (QED) is 0.751. The number of pyridine rings is 1. The van der Waals surface area contributed by atoms with Crippen LogP contribution in [0.15, 0.2) is 18.3 Å². The van der Waals surface area contributed by atoms with Gasteiger partial charge >= 0.3 is 0 Å². The average molecular weight is 213 g/mol. The smallest absolute Gasteiger partial charge is 0.129 e. The number of aliphatic hydroxyl groups excluding tert-OH is 1. The van der Waals surface area contributed by atoms with Gasteiger partial charge in [-0.1, -0.05) is 17.7 Å². The molecule has 76 valence electrons. The van der Waals surface area contributed by atoms with Gasteiger partial charge in [-0.25, -0.2) is 4.98 Å². The first-order valence-corrected chi connectivity index (χ1v) is 5.13. The molecule has 0 radical (unpaired) electrons. The molecule has 2 rings (SSSR count). The van der Waals surface area contributed by atoms with Crippen molar-refractivity contribution in [3.05, 3.63) is 29.0 Å². The number of halogens is 1. The first-order valence-electron chi connectivity index (χ1n) is 4.75. The number of aliphatic hydroxyl groups is 1. The molecule has 1 fully saturated rings. The van der Waals surface area contributed by atoms with E-state index in [9.17, 15) is 5.11 Å². The van der Waals surface area contributed by atoms with Gasteiger partial charge in [0, 0.05) is 25.8 Å². The second-order valence-electron chi connectivity index (χ2n) is 3.67. The number of hydrogen-bond acceptors (Lipinski definition) is 3. The molecular formula is C10H13ClN2O. The Labute approximate surface area is 88.3 Å². The van der Waals surface area contributed by atoms with E-state index in [2.05, 4.69) is 9.88 Å². The predicted molar refractivity (Wildman–Crippen MR) is 55.1 cm³/mol. The fourth-order valence-corrected chi connectivity index (χ4v) is 1.83. The first-order chi connectivity index (χ1) is 6.74. The Hall–Kier alpha value is -0.640. The van der Waals surface area contributed by atoms with Crippen molar-refractivity contribution >= 4 is 11.6 Å². The third kappa shape index (κ3) is 2.44. The molecule has 0 spiro atoms. The van der Waals surface area contributed by atoms with Gasteiger partial charge in [-0.05, 0) is 18.1 Å². The van der Waals surface area contributed by atoms with Crippen LogP contribution in [0, 0.1) is 0 Å². The van der Waals surface area contributed by atoms with Gasteiger partial charge in [-0.2, -0.15) is 0 Å². The second-order valence-corrected chi connectivity index (χ2v) is 4.05. The van der Waals surface area contributed by atoms with E-state index < -0.39 is 0 Å². The zero-order valence-corrected chi connectivity index (χ0v) is 8.61. The summed E-state index contributed by atoms with van der Waals surface area (Å²) < 4.78 is 0. The fraction of sp³-hybridized carbons (Fsp3) is 0.500. The van der Waals surface area contributed by atoms with Crippen LogP contribution in [0.5, 0.6) is 0 Å². The lowest BCUT2D eigenvalue weighted by molar-refractivity contribution is 0.175. The van der Waals surface area contributed by atoms with Gasteiger partial charge in [-0.3, -0.25) is 4.90 Å². The molecule has 1 aliphatic heterocycles. The molecule has 1 aromatic heterocycles. The molecule has 2 heterocycles. The summed E-state index contributed by atoms with van der Waals surface area (Å²) in [7, 11) is 0. The lowest BCUT2D eigenvalue weighted by Crippen LogP contribution is -2.21. The number of rotatable bonds is 2. The summed E-state index contributed by atoms with van der Waals surface area (Å²) >= 11 is 5.69. The highest BCUT2D eigenvalue weighted by Crippen LogP contribution is 2.13. The molecule has 0 amide bonds. The van der Waals surface area contributed by atoms with E-state index in [4.69, 9.17) is 11.6 Å². The fourth-order valence-electron chi connectivity index (χ4n) is 1.71. The van der Waals surface area contributed by atoms with Gasteiger partial charge in [0.15, 0.2) is 0 Å². The Balaban J connectivity index is 1.94. The van der Waals surface area contributed by atoms with Gasteiger partial charge in [0.1, 0.15) is 5.15 Å². The third-order valence-electron chi connectivity index (χ3n) is 2.44. The molecular weight excluding hydrogens is 200 g/mol. The van der Waals surface area contributed by atoms with Crippen molar-refractivity contribution in [2.75, 3.05) is 13.1 Å². The molecule has 0 unspecified atom stereocenters. The van der Waals surface area contributed by atoms with Crippen LogP contribution in [0.3, 0.4) is 0 Å². The summed E-state index contributed by atoms with van der Waals surface area (Å²) in [6.45, 7) is 2.58. The van der Waals surface area contributed by atoms with Gasteiger partial charge < -0.3 is 5.11 Å². The van der Waals surface area contributed by atoms with Crippen LogP contribution in [-0.2, 0) is 6.54 Å². The predicted octanol–water partition coefficient (Wildman–Crippen LogP) is 1.30. The summed E-state index contributed by atoms with van der Waals surface area (Å²) in [5.74, 6) is 0. The summed E-state index contributed by atoms with van der Waals surface area (Å²) in [5, 5.41) is 9.87. The van der Waals surface area contributed by atoms with Crippen molar-refractivity contribution in [1.29, 1.82) is 0 Å². The average Bonchev–Trinajstić information content (AvgIpc) is 2.56. The van der Waals surface area contributed by atoms with Crippen molar-refractivity contribution in [2.45, 2.75) is 19.1 Å². The molecule has 1 saturated heterocycles. The van der Waals surface area contributed by atoms with Crippen molar-refractivity contribution in [2.24, 2.45) is 0 Å². The summed E-state index contributed by atoms with van der Waals surface area (Å²) in [5.41, 5.74) is 1.14. The van der Waals surface area contributed by atoms with E-state index in [0.717, 1.165) is 31.6 Å². The Morgan fingerprint density at radius 2 is 2.43 bits per heavy atom. The topological polar surface area (TPSA) is 36.4 Å². The minimum atomic E-state index is -0.157. The van der Waals surface area contributed by atoms with Crippen LogP contribution >= 0.6 is 11.6 Å². The number of β-amino-alcohol motifs (C(OH)–C–C–N with tert-alkyl or cyclic N) is 1. The maximum atomic E-state index is 9.34. The van der Waals surface area contributed by atoms with E-state index in [1.54, 1.807) is 12.3 Å². The molecule has 4 heteroatoms. The molecule has 1 N–H and O–H groups in total. The molecule has 0 aromatic carbocycles. The number of likely N-dealkylation sites (tertiary alicyclic amines) is 1. The largest absolute Gasteiger partial charge is 0.392 e. The van der Waals surface area contributed by atoms with E-state index in [1.807, 2.05) is 6.07 Å². The third-order valence-corrected chi connectivity index (χ3v) is 2.67. The van der Waals surface area contributed by atoms with Crippen molar-refractivity contribution < 1.29 is 5.11 Å².